The largest absolute Gasteiger partial charge is 0.311 e. The molecule has 0 saturated heterocycles. The molecule has 15 heavy (non-hydrogen) atoms. The lowest BCUT2D eigenvalue weighted by molar-refractivity contribution is 0.399. The predicted molar refractivity (Wildman–Crippen MR) is 62.0 cm³/mol. The molecular formula is C12H20N2O. The Morgan fingerprint density at radius 1 is 1.40 bits per heavy atom. The van der Waals surface area contributed by atoms with Crippen molar-refractivity contribution < 1.29 is 0 Å². The average Bonchev–Trinajstić information content (AvgIpc) is 1.99. The van der Waals surface area contributed by atoms with Gasteiger partial charge < -0.3 is 4.98 Å². The summed E-state index contributed by atoms with van der Waals surface area (Å²) in [6.45, 7) is 8.50. The molecular weight excluding hydrogens is 188 g/mol. The first-order chi connectivity index (χ1) is 6.90. The monoisotopic (exact) mass is 208 g/mol. The summed E-state index contributed by atoms with van der Waals surface area (Å²) >= 11 is 0. The summed E-state index contributed by atoms with van der Waals surface area (Å²) in [5.41, 5.74) is 1.02. The van der Waals surface area contributed by atoms with Crippen LogP contribution in [0.3, 0.4) is 0 Å². The van der Waals surface area contributed by atoms with E-state index in [1.165, 1.54) is 0 Å². The summed E-state index contributed by atoms with van der Waals surface area (Å²) in [4.78, 5) is 18.6. The second-order valence-electron chi connectivity index (χ2n) is 5.17. The van der Waals surface area contributed by atoms with Crippen LogP contribution < -0.4 is 5.56 Å². The van der Waals surface area contributed by atoms with Crippen LogP contribution in [0.25, 0.3) is 0 Å². The number of nitrogens with one attached hydrogen (secondary N) is 1. The highest BCUT2D eigenvalue weighted by atomic mass is 16.1. The molecule has 1 aromatic rings. The molecule has 1 heterocycles. The molecule has 0 saturated carbocycles. The summed E-state index contributed by atoms with van der Waals surface area (Å²) in [6, 6.07) is 1.59. The Morgan fingerprint density at radius 3 is 2.60 bits per heavy atom. The van der Waals surface area contributed by atoms with E-state index in [0.717, 1.165) is 30.8 Å². The van der Waals surface area contributed by atoms with Crippen molar-refractivity contribution in [2.75, 3.05) is 0 Å². The molecule has 0 aliphatic heterocycles. The van der Waals surface area contributed by atoms with E-state index in [0.29, 0.717) is 0 Å². The number of nitrogens with zero attached hydrogens (tertiary/aromatic N) is 1. The van der Waals surface area contributed by atoms with Crippen LogP contribution in [-0.2, 0) is 12.8 Å². The van der Waals surface area contributed by atoms with Gasteiger partial charge in [0.2, 0.25) is 0 Å². The standard InChI is InChI=1S/C12H20N2O/c1-5-6-9-7-11(15)14-10(13-9)8-12(2,3)4/h7H,5-6,8H2,1-4H3,(H,13,14,15). The van der Waals surface area contributed by atoms with E-state index in [-0.39, 0.29) is 11.0 Å². The van der Waals surface area contributed by atoms with Gasteiger partial charge in [-0.25, -0.2) is 4.98 Å². The van der Waals surface area contributed by atoms with Gasteiger partial charge >= 0.3 is 0 Å². The first kappa shape index (κ1) is 12.0. The fraction of sp³-hybridized carbons (Fsp3) is 0.667. The molecule has 1 aromatic heterocycles. The maximum atomic E-state index is 11.4. The molecule has 0 amide bonds. The van der Waals surface area contributed by atoms with Gasteiger partial charge in [-0.2, -0.15) is 0 Å². The molecule has 0 spiro atoms. The van der Waals surface area contributed by atoms with E-state index >= 15 is 0 Å². The van der Waals surface area contributed by atoms with Crippen molar-refractivity contribution in [2.45, 2.75) is 47.0 Å². The molecule has 0 aliphatic carbocycles. The van der Waals surface area contributed by atoms with Gasteiger partial charge in [-0.15, -0.1) is 0 Å². The molecule has 0 fully saturated rings. The normalized spacial score (nSPS) is 11.7. The number of H-pyrrole nitrogens is 1. The summed E-state index contributed by atoms with van der Waals surface area (Å²) < 4.78 is 0. The zero-order valence-electron chi connectivity index (χ0n) is 10.1. The molecule has 0 unspecified atom stereocenters. The Morgan fingerprint density at radius 2 is 2.07 bits per heavy atom. The van der Waals surface area contributed by atoms with Crippen molar-refractivity contribution in [3.63, 3.8) is 0 Å². The average molecular weight is 208 g/mol. The van der Waals surface area contributed by atoms with E-state index in [1.54, 1.807) is 6.07 Å². The maximum Gasteiger partial charge on any atom is 0.251 e. The lowest BCUT2D eigenvalue weighted by atomic mass is 9.92. The number of aromatic amines is 1. The fourth-order valence-corrected chi connectivity index (χ4v) is 1.53. The molecule has 3 heteroatoms. The van der Waals surface area contributed by atoms with Crippen LogP contribution >= 0.6 is 0 Å². The maximum absolute atomic E-state index is 11.4. The highest BCUT2D eigenvalue weighted by molar-refractivity contribution is 5.04. The van der Waals surface area contributed by atoms with E-state index in [9.17, 15) is 4.79 Å². The Kier molecular flexibility index (Phi) is 3.66. The fourth-order valence-electron chi connectivity index (χ4n) is 1.53. The quantitative estimate of drug-likeness (QED) is 0.828. The smallest absolute Gasteiger partial charge is 0.251 e. The van der Waals surface area contributed by atoms with Crippen LogP contribution in [0, 0.1) is 5.41 Å². The number of aryl methyl sites for hydroxylation is 1. The molecule has 0 aromatic carbocycles. The molecule has 1 N–H and O–H groups in total. The zero-order chi connectivity index (χ0) is 11.5. The summed E-state index contributed by atoms with van der Waals surface area (Å²) in [6.07, 6.45) is 2.70. The second-order valence-corrected chi connectivity index (χ2v) is 5.17. The van der Waals surface area contributed by atoms with E-state index in [2.05, 4.69) is 37.7 Å². The number of hydrogen-bond donors (Lipinski definition) is 1. The molecule has 84 valence electrons. The lowest BCUT2D eigenvalue weighted by Crippen LogP contribution is -2.18. The highest BCUT2D eigenvalue weighted by Crippen LogP contribution is 2.17. The SMILES string of the molecule is CCCc1cc(=O)[nH]c(CC(C)(C)C)n1. The first-order valence-corrected chi connectivity index (χ1v) is 5.50. The van der Waals surface area contributed by atoms with Gasteiger partial charge in [0, 0.05) is 18.2 Å². The minimum atomic E-state index is -0.0345. The lowest BCUT2D eigenvalue weighted by Gasteiger charge is -2.17. The molecule has 0 bridgehead atoms. The van der Waals surface area contributed by atoms with Gasteiger partial charge in [-0.1, -0.05) is 34.1 Å². The second kappa shape index (κ2) is 4.60. The van der Waals surface area contributed by atoms with E-state index in [4.69, 9.17) is 0 Å². The Hall–Kier alpha value is -1.12. The van der Waals surface area contributed by atoms with Gasteiger partial charge in [-0.3, -0.25) is 4.79 Å². The molecule has 0 aliphatic rings. The van der Waals surface area contributed by atoms with Gasteiger partial charge in [0.25, 0.3) is 5.56 Å². The Bertz CT molecular complexity index is 374. The predicted octanol–water partition coefficient (Wildman–Crippen LogP) is 2.31. The van der Waals surface area contributed by atoms with Gasteiger partial charge in [0.05, 0.1) is 0 Å². The van der Waals surface area contributed by atoms with Crippen molar-refractivity contribution in [2.24, 2.45) is 5.41 Å². The van der Waals surface area contributed by atoms with Gasteiger partial charge in [0.15, 0.2) is 0 Å². The molecule has 0 radical (unpaired) electrons. The molecule has 0 atom stereocenters. The third-order valence-corrected chi connectivity index (χ3v) is 2.05. The third-order valence-electron chi connectivity index (χ3n) is 2.05. The first-order valence-electron chi connectivity index (χ1n) is 5.50. The summed E-state index contributed by atoms with van der Waals surface area (Å²) in [5.74, 6) is 0.804. The number of hydrogen-bond acceptors (Lipinski definition) is 2. The van der Waals surface area contributed by atoms with Crippen molar-refractivity contribution in [3.05, 3.63) is 27.9 Å². The Balaban J connectivity index is 2.94. The number of aromatic nitrogens is 2. The minimum Gasteiger partial charge on any atom is -0.311 e. The molecule has 1 rings (SSSR count). The van der Waals surface area contributed by atoms with Crippen LogP contribution in [0.1, 0.15) is 45.6 Å². The van der Waals surface area contributed by atoms with Crippen molar-refractivity contribution >= 4 is 0 Å². The Labute approximate surface area is 91.0 Å². The van der Waals surface area contributed by atoms with Crippen molar-refractivity contribution in [1.82, 2.24) is 9.97 Å². The highest BCUT2D eigenvalue weighted by Gasteiger charge is 2.13. The summed E-state index contributed by atoms with van der Waals surface area (Å²) in [7, 11) is 0. The topological polar surface area (TPSA) is 45.8 Å². The third kappa shape index (κ3) is 4.28. The minimum absolute atomic E-state index is 0.0345. The number of rotatable bonds is 3. The van der Waals surface area contributed by atoms with Crippen LogP contribution in [0.2, 0.25) is 0 Å². The van der Waals surface area contributed by atoms with Crippen LogP contribution in [0.5, 0.6) is 0 Å². The van der Waals surface area contributed by atoms with E-state index in [1.807, 2.05) is 0 Å². The van der Waals surface area contributed by atoms with Gasteiger partial charge in [-0.05, 0) is 11.8 Å². The van der Waals surface area contributed by atoms with Crippen LogP contribution in [-0.4, -0.2) is 9.97 Å². The summed E-state index contributed by atoms with van der Waals surface area (Å²) in [5, 5.41) is 0. The van der Waals surface area contributed by atoms with E-state index < -0.39 is 0 Å². The van der Waals surface area contributed by atoms with Crippen molar-refractivity contribution in [1.29, 1.82) is 0 Å². The van der Waals surface area contributed by atoms with Crippen molar-refractivity contribution in [3.8, 4) is 0 Å². The van der Waals surface area contributed by atoms with Crippen LogP contribution in [0.15, 0.2) is 10.9 Å². The molecule has 3 nitrogen and oxygen atoms in total. The van der Waals surface area contributed by atoms with Crippen LogP contribution in [0.4, 0.5) is 0 Å². The zero-order valence-corrected chi connectivity index (χ0v) is 10.1. The van der Waals surface area contributed by atoms with Gasteiger partial charge in [0.1, 0.15) is 5.82 Å².